The molecule has 0 N–H and O–H groups in total. The minimum Gasteiger partial charge on any atom is -0.493 e. The molecule has 1 aromatic carbocycles. The van der Waals surface area contributed by atoms with Crippen LogP contribution in [0.15, 0.2) is 34.2 Å². The number of ether oxygens (including phenoxy) is 3. The Labute approximate surface area is 175 Å². The first kappa shape index (κ1) is 22.0. The lowest BCUT2D eigenvalue weighted by Gasteiger charge is -2.19. The lowest BCUT2D eigenvalue weighted by atomic mass is 10.1. The first-order valence-electron chi connectivity index (χ1n) is 8.38. The van der Waals surface area contributed by atoms with Gasteiger partial charge in [-0.15, -0.1) is 0 Å². The molecule has 1 heterocycles. The minimum absolute atomic E-state index is 0.170. The Kier molecular flexibility index (Phi) is 7.70. The number of nitrogens with zero attached hydrogens (tertiary/aromatic N) is 1. The summed E-state index contributed by atoms with van der Waals surface area (Å²) in [5.41, 5.74) is 0.629. The van der Waals surface area contributed by atoms with Crippen LogP contribution in [0.2, 0.25) is 0 Å². The van der Waals surface area contributed by atoms with Crippen LogP contribution in [-0.2, 0) is 14.3 Å². The van der Waals surface area contributed by atoms with E-state index < -0.39 is 23.2 Å². The topological polar surface area (TPSA) is 82.1 Å². The average molecular weight is 470 g/mol. The largest absolute Gasteiger partial charge is 0.493 e. The van der Waals surface area contributed by atoms with Crippen LogP contribution in [0.1, 0.15) is 19.4 Å². The number of thioether (sulfide) groups is 1. The summed E-state index contributed by atoms with van der Waals surface area (Å²) in [6, 6.07) is 2.43. The Morgan fingerprint density at radius 1 is 1.39 bits per heavy atom. The molecular formula is C19H20BrNO6S. The summed E-state index contributed by atoms with van der Waals surface area (Å²) in [6.07, 6.45) is 3.17. The van der Waals surface area contributed by atoms with Crippen LogP contribution >= 0.6 is 27.7 Å². The number of methoxy groups -OCH3 is 1. The molecular weight excluding hydrogens is 450 g/mol. The summed E-state index contributed by atoms with van der Waals surface area (Å²) >= 11 is 4.19. The number of esters is 1. The van der Waals surface area contributed by atoms with E-state index in [-0.39, 0.29) is 11.5 Å². The molecule has 0 aromatic heterocycles. The van der Waals surface area contributed by atoms with Crippen molar-refractivity contribution in [2.75, 3.05) is 20.3 Å². The molecule has 1 saturated heterocycles. The fourth-order valence-corrected chi connectivity index (χ4v) is 3.92. The summed E-state index contributed by atoms with van der Waals surface area (Å²) < 4.78 is 16.4. The number of amides is 2. The second-order valence-electron chi connectivity index (χ2n) is 5.61. The molecule has 7 nitrogen and oxygen atoms in total. The van der Waals surface area contributed by atoms with Crippen LogP contribution in [-0.4, -0.2) is 48.4 Å². The van der Waals surface area contributed by atoms with Gasteiger partial charge >= 0.3 is 5.97 Å². The van der Waals surface area contributed by atoms with E-state index in [9.17, 15) is 14.4 Å². The molecule has 28 heavy (non-hydrogen) atoms. The number of hydrogen-bond donors (Lipinski definition) is 0. The normalized spacial score (nSPS) is 16.3. The molecule has 1 fully saturated rings. The van der Waals surface area contributed by atoms with Crippen LogP contribution in [0.25, 0.3) is 6.08 Å². The minimum atomic E-state index is -0.991. The summed E-state index contributed by atoms with van der Waals surface area (Å²) in [6.45, 7) is 7.20. The van der Waals surface area contributed by atoms with Crippen molar-refractivity contribution in [1.29, 1.82) is 0 Å². The van der Waals surface area contributed by atoms with Crippen LogP contribution in [0.3, 0.4) is 0 Å². The zero-order valence-electron chi connectivity index (χ0n) is 15.7. The fraction of sp³-hybridized carbons (Fsp3) is 0.316. The van der Waals surface area contributed by atoms with Crippen LogP contribution in [0.5, 0.6) is 11.5 Å². The van der Waals surface area contributed by atoms with Gasteiger partial charge in [0.2, 0.25) is 0 Å². The molecule has 0 bridgehead atoms. The molecule has 0 aliphatic carbocycles. The summed E-state index contributed by atoms with van der Waals surface area (Å²) in [5, 5.41) is -0.520. The van der Waals surface area contributed by atoms with E-state index in [0.29, 0.717) is 28.1 Å². The third-order valence-corrected chi connectivity index (χ3v) is 5.21. The van der Waals surface area contributed by atoms with Gasteiger partial charge in [0.15, 0.2) is 11.5 Å². The summed E-state index contributed by atoms with van der Waals surface area (Å²) in [5.74, 6) is -0.206. The van der Waals surface area contributed by atoms with E-state index in [1.54, 1.807) is 31.2 Å². The number of rotatable bonds is 8. The molecule has 1 aliphatic heterocycles. The number of halogens is 1. The lowest BCUT2D eigenvalue weighted by molar-refractivity contribution is -0.150. The highest BCUT2D eigenvalue weighted by Crippen LogP contribution is 2.39. The van der Waals surface area contributed by atoms with Crippen molar-refractivity contribution >= 4 is 50.9 Å². The highest BCUT2D eigenvalue weighted by molar-refractivity contribution is 9.10. The Morgan fingerprint density at radius 3 is 2.71 bits per heavy atom. The Hall–Kier alpha value is -2.26. The van der Waals surface area contributed by atoms with Gasteiger partial charge in [0, 0.05) is 0 Å². The SMILES string of the molecule is C=CCOc1c(Br)cc(/C=C2/SC(=O)N(C(C)C(=O)OCC)C2=O)cc1OC. The average Bonchev–Trinajstić information content (AvgIpc) is 2.93. The Bertz CT molecular complexity index is 838. The standard InChI is InChI=1S/C19H20BrNO6S/c1-5-7-27-16-13(20)8-12(9-14(16)25-4)10-15-17(22)21(19(24)28-15)11(3)18(23)26-6-2/h5,8-11H,1,6-7H2,2-4H3/b15-10+. The summed E-state index contributed by atoms with van der Waals surface area (Å²) in [7, 11) is 1.50. The number of benzene rings is 1. The summed E-state index contributed by atoms with van der Waals surface area (Å²) in [4.78, 5) is 37.9. The zero-order chi connectivity index (χ0) is 20.8. The van der Waals surface area contributed by atoms with Crippen molar-refractivity contribution in [2.24, 2.45) is 0 Å². The van der Waals surface area contributed by atoms with Crippen LogP contribution in [0.4, 0.5) is 4.79 Å². The molecule has 1 unspecified atom stereocenters. The van der Waals surface area contributed by atoms with Gasteiger partial charge in [0.25, 0.3) is 11.1 Å². The smallest absolute Gasteiger partial charge is 0.329 e. The quantitative estimate of drug-likeness (QED) is 0.323. The lowest BCUT2D eigenvalue weighted by Crippen LogP contribution is -2.42. The van der Waals surface area contributed by atoms with Gasteiger partial charge < -0.3 is 14.2 Å². The van der Waals surface area contributed by atoms with Crippen molar-refractivity contribution in [2.45, 2.75) is 19.9 Å². The molecule has 1 aliphatic rings. The van der Waals surface area contributed by atoms with E-state index >= 15 is 0 Å². The molecule has 0 spiro atoms. The highest BCUT2D eigenvalue weighted by atomic mass is 79.9. The second kappa shape index (κ2) is 9.79. The Balaban J connectivity index is 2.32. The van der Waals surface area contributed by atoms with Gasteiger partial charge in [0.1, 0.15) is 12.6 Å². The molecule has 2 rings (SSSR count). The van der Waals surface area contributed by atoms with Crippen molar-refractivity contribution in [3.05, 3.63) is 39.7 Å². The Morgan fingerprint density at radius 2 is 2.11 bits per heavy atom. The predicted molar refractivity (Wildman–Crippen MR) is 110 cm³/mol. The number of carbonyl (C=O) groups is 3. The molecule has 1 atom stereocenters. The van der Waals surface area contributed by atoms with Gasteiger partial charge in [-0.2, -0.15) is 0 Å². The second-order valence-corrected chi connectivity index (χ2v) is 7.46. The molecule has 0 saturated carbocycles. The first-order valence-corrected chi connectivity index (χ1v) is 9.99. The molecule has 2 amide bonds. The third kappa shape index (κ3) is 4.77. The van der Waals surface area contributed by atoms with Crippen LogP contribution < -0.4 is 9.47 Å². The van der Waals surface area contributed by atoms with E-state index in [1.807, 2.05) is 0 Å². The maximum absolute atomic E-state index is 12.6. The number of imide groups is 1. The van der Waals surface area contributed by atoms with Crippen molar-refractivity contribution in [1.82, 2.24) is 4.90 Å². The highest BCUT2D eigenvalue weighted by Gasteiger charge is 2.41. The van der Waals surface area contributed by atoms with E-state index in [0.717, 1.165) is 16.7 Å². The first-order chi connectivity index (χ1) is 13.3. The van der Waals surface area contributed by atoms with Crippen molar-refractivity contribution < 1.29 is 28.6 Å². The molecule has 0 radical (unpaired) electrons. The number of hydrogen-bond acceptors (Lipinski definition) is 7. The van der Waals surface area contributed by atoms with E-state index in [1.165, 1.54) is 14.0 Å². The molecule has 1 aromatic rings. The van der Waals surface area contributed by atoms with E-state index in [4.69, 9.17) is 14.2 Å². The molecule has 9 heteroatoms. The van der Waals surface area contributed by atoms with Crippen molar-refractivity contribution in [3.8, 4) is 11.5 Å². The molecule has 150 valence electrons. The third-order valence-electron chi connectivity index (χ3n) is 3.73. The van der Waals surface area contributed by atoms with Crippen molar-refractivity contribution in [3.63, 3.8) is 0 Å². The van der Waals surface area contributed by atoms with Crippen LogP contribution in [0, 0.1) is 0 Å². The van der Waals surface area contributed by atoms with Gasteiger partial charge in [-0.3, -0.25) is 14.5 Å². The number of carbonyl (C=O) groups excluding carboxylic acids is 3. The predicted octanol–water partition coefficient (Wildman–Crippen LogP) is 4.01. The van der Waals surface area contributed by atoms with Gasteiger partial charge in [-0.1, -0.05) is 12.7 Å². The maximum atomic E-state index is 12.6. The monoisotopic (exact) mass is 469 g/mol. The van der Waals surface area contributed by atoms with Gasteiger partial charge in [-0.25, -0.2) is 4.79 Å². The zero-order valence-corrected chi connectivity index (χ0v) is 18.1. The fourth-order valence-electron chi connectivity index (χ4n) is 2.44. The maximum Gasteiger partial charge on any atom is 0.329 e. The van der Waals surface area contributed by atoms with E-state index in [2.05, 4.69) is 22.5 Å². The van der Waals surface area contributed by atoms with Gasteiger partial charge in [0.05, 0.1) is 23.1 Å². The van der Waals surface area contributed by atoms with Gasteiger partial charge in [-0.05, 0) is 65.3 Å².